The first-order valence-electron chi connectivity index (χ1n) is 10.4. The van der Waals surface area contributed by atoms with Crippen molar-refractivity contribution in [1.29, 1.82) is 0 Å². The van der Waals surface area contributed by atoms with Gasteiger partial charge in [-0.15, -0.1) is 0 Å². The number of anilines is 2. The highest BCUT2D eigenvalue weighted by molar-refractivity contribution is 7.89. The summed E-state index contributed by atoms with van der Waals surface area (Å²) in [6.45, 7) is 3.91. The Kier molecular flexibility index (Phi) is 4.74. The van der Waals surface area contributed by atoms with Crippen LogP contribution in [0.15, 0.2) is 41.6 Å². The van der Waals surface area contributed by atoms with E-state index in [1.807, 2.05) is 16.7 Å². The lowest BCUT2D eigenvalue weighted by Gasteiger charge is -2.34. The van der Waals surface area contributed by atoms with Crippen molar-refractivity contribution in [3.63, 3.8) is 0 Å². The summed E-state index contributed by atoms with van der Waals surface area (Å²) in [6.07, 6.45) is 5.99. The molecular formula is C21H25N5O3S. The van der Waals surface area contributed by atoms with Crippen molar-refractivity contribution in [3.8, 4) is 0 Å². The lowest BCUT2D eigenvalue weighted by Crippen LogP contribution is -2.49. The van der Waals surface area contributed by atoms with Crippen LogP contribution >= 0.6 is 0 Å². The third-order valence-corrected chi connectivity index (χ3v) is 8.04. The number of fused-ring (bicyclic) bond motifs is 1. The maximum absolute atomic E-state index is 13.2. The van der Waals surface area contributed by atoms with E-state index in [0.717, 1.165) is 24.1 Å². The van der Waals surface area contributed by atoms with Gasteiger partial charge in [0.05, 0.1) is 4.90 Å². The maximum Gasteiger partial charge on any atom is 0.243 e. The monoisotopic (exact) mass is 427 g/mol. The Hall–Kier alpha value is -2.52. The molecule has 1 atom stereocenters. The summed E-state index contributed by atoms with van der Waals surface area (Å²) in [6, 6.07) is 7.04. The number of carbonyl (C=O) groups excluding carboxylic acids is 1. The van der Waals surface area contributed by atoms with Gasteiger partial charge in [0.2, 0.25) is 21.9 Å². The minimum Gasteiger partial charge on any atom is -0.338 e. The molecule has 5 rings (SSSR count). The van der Waals surface area contributed by atoms with Crippen LogP contribution in [0.1, 0.15) is 25.3 Å². The first-order chi connectivity index (χ1) is 14.4. The van der Waals surface area contributed by atoms with Crippen LogP contribution < -0.4 is 9.80 Å². The van der Waals surface area contributed by atoms with Crippen LogP contribution in [0.5, 0.6) is 0 Å². The van der Waals surface area contributed by atoms with Crippen molar-refractivity contribution >= 4 is 27.6 Å². The molecule has 3 aliphatic rings. The molecule has 1 saturated carbocycles. The molecule has 0 N–H and O–H groups in total. The van der Waals surface area contributed by atoms with Crippen LogP contribution in [-0.2, 0) is 21.2 Å². The lowest BCUT2D eigenvalue weighted by molar-refractivity contribution is -0.120. The van der Waals surface area contributed by atoms with E-state index in [9.17, 15) is 13.2 Å². The maximum atomic E-state index is 13.2. The SMILES string of the molecule is CC1Cc2cc(S(=O)(=O)N3CCN(c4ncccn4)CC3)ccc2N1C(=O)C1CC1. The zero-order chi connectivity index (χ0) is 20.9. The lowest BCUT2D eigenvalue weighted by atomic mass is 10.1. The Morgan fingerprint density at radius 3 is 2.43 bits per heavy atom. The summed E-state index contributed by atoms with van der Waals surface area (Å²) in [4.78, 5) is 25.3. The Morgan fingerprint density at radius 2 is 1.77 bits per heavy atom. The summed E-state index contributed by atoms with van der Waals surface area (Å²) in [5.74, 6) is 0.948. The minimum atomic E-state index is -3.59. The second kappa shape index (κ2) is 7.31. The molecule has 0 radical (unpaired) electrons. The topological polar surface area (TPSA) is 86.7 Å². The molecule has 2 aromatic rings. The molecule has 30 heavy (non-hydrogen) atoms. The van der Waals surface area contributed by atoms with Crippen molar-refractivity contribution in [2.75, 3.05) is 36.0 Å². The third-order valence-electron chi connectivity index (χ3n) is 6.14. The molecule has 1 amide bonds. The van der Waals surface area contributed by atoms with Crippen molar-refractivity contribution in [1.82, 2.24) is 14.3 Å². The standard InChI is InChI=1S/C21H25N5O3S/c1-15-13-17-14-18(5-6-19(17)26(15)20(27)16-3-4-16)30(28,29)25-11-9-24(10-12-25)21-22-7-2-8-23-21/h2,5-8,14-16H,3-4,9-13H2,1H3. The molecule has 1 aliphatic carbocycles. The summed E-state index contributed by atoms with van der Waals surface area (Å²) < 4.78 is 28.0. The van der Waals surface area contributed by atoms with E-state index in [2.05, 4.69) is 9.97 Å². The fourth-order valence-electron chi connectivity index (χ4n) is 4.36. The Balaban J connectivity index is 1.33. The Morgan fingerprint density at radius 1 is 1.07 bits per heavy atom. The number of carbonyl (C=O) groups is 1. The van der Waals surface area contributed by atoms with Crippen molar-refractivity contribution in [2.45, 2.75) is 37.1 Å². The van der Waals surface area contributed by atoms with Gasteiger partial charge in [-0.25, -0.2) is 18.4 Å². The first-order valence-corrected chi connectivity index (χ1v) is 11.9. The largest absolute Gasteiger partial charge is 0.338 e. The first kappa shape index (κ1) is 19.4. The smallest absolute Gasteiger partial charge is 0.243 e. The predicted octanol–water partition coefficient (Wildman–Crippen LogP) is 1.68. The van der Waals surface area contributed by atoms with Crippen LogP contribution in [0.3, 0.4) is 0 Å². The van der Waals surface area contributed by atoms with Gasteiger partial charge in [-0.1, -0.05) is 0 Å². The number of aromatic nitrogens is 2. The molecule has 8 nitrogen and oxygen atoms in total. The van der Waals surface area contributed by atoms with Gasteiger partial charge in [0.25, 0.3) is 0 Å². The summed E-state index contributed by atoms with van der Waals surface area (Å²) in [7, 11) is -3.59. The number of hydrogen-bond acceptors (Lipinski definition) is 6. The fourth-order valence-corrected chi connectivity index (χ4v) is 5.84. The van der Waals surface area contributed by atoms with E-state index >= 15 is 0 Å². The summed E-state index contributed by atoms with van der Waals surface area (Å²) >= 11 is 0. The van der Waals surface area contributed by atoms with E-state index < -0.39 is 10.0 Å². The van der Waals surface area contributed by atoms with E-state index in [1.54, 1.807) is 36.7 Å². The average molecular weight is 428 g/mol. The molecule has 0 spiro atoms. The van der Waals surface area contributed by atoms with Gasteiger partial charge in [-0.2, -0.15) is 4.31 Å². The quantitative estimate of drug-likeness (QED) is 0.738. The third kappa shape index (κ3) is 3.35. The second-order valence-electron chi connectivity index (χ2n) is 8.27. The highest BCUT2D eigenvalue weighted by atomic mass is 32.2. The van der Waals surface area contributed by atoms with Gasteiger partial charge in [0.15, 0.2) is 0 Å². The summed E-state index contributed by atoms with van der Waals surface area (Å²) in [5, 5.41) is 0. The minimum absolute atomic E-state index is 0.0699. The zero-order valence-electron chi connectivity index (χ0n) is 16.9. The van der Waals surface area contributed by atoms with E-state index in [0.29, 0.717) is 43.4 Å². The van der Waals surface area contributed by atoms with Crippen LogP contribution in [0, 0.1) is 5.92 Å². The molecule has 1 unspecified atom stereocenters. The van der Waals surface area contributed by atoms with Crippen molar-refractivity contribution < 1.29 is 13.2 Å². The van der Waals surface area contributed by atoms with Gasteiger partial charge in [0.1, 0.15) is 0 Å². The van der Waals surface area contributed by atoms with E-state index in [-0.39, 0.29) is 17.9 Å². The molecule has 2 aliphatic heterocycles. The number of sulfonamides is 1. The number of piperazine rings is 1. The molecular weight excluding hydrogens is 402 g/mol. The highest BCUT2D eigenvalue weighted by Crippen LogP contribution is 2.39. The fraction of sp³-hybridized carbons (Fsp3) is 0.476. The highest BCUT2D eigenvalue weighted by Gasteiger charge is 2.40. The van der Waals surface area contributed by atoms with Gasteiger partial charge in [0, 0.05) is 56.2 Å². The van der Waals surface area contributed by atoms with E-state index in [1.165, 1.54) is 4.31 Å². The van der Waals surface area contributed by atoms with Crippen LogP contribution in [0.4, 0.5) is 11.6 Å². The number of amides is 1. The molecule has 1 aromatic heterocycles. The average Bonchev–Trinajstić information content (AvgIpc) is 3.56. The van der Waals surface area contributed by atoms with Gasteiger partial charge >= 0.3 is 0 Å². The Bertz CT molecular complexity index is 1060. The van der Waals surface area contributed by atoms with Crippen LogP contribution in [-0.4, -0.2) is 60.8 Å². The predicted molar refractivity (Wildman–Crippen MR) is 113 cm³/mol. The normalized spacial score (nSPS) is 22.2. The molecule has 2 fully saturated rings. The number of nitrogens with zero attached hydrogens (tertiary/aromatic N) is 5. The molecule has 0 bridgehead atoms. The molecule has 158 valence electrons. The number of hydrogen-bond donors (Lipinski definition) is 0. The molecule has 1 saturated heterocycles. The zero-order valence-corrected chi connectivity index (χ0v) is 17.8. The van der Waals surface area contributed by atoms with Gasteiger partial charge in [-0.3, -0.25) is 4.79 Å². The van der Waals surface area contributed by atoms with Gasteiger partial charge < -0.3 is 9.80 Å². The van der Waals surface area contributed by atoms with Gasteiger partial charge in [-0.05, 0) is 56.0 Å². The molecule has 3 heterocycles. The van der Waals surface area contributed by atoms with Crippen LogP contribution in [0.2, 0.25) is 0 Å². The number of rotatable bonds is 4. The van der Waals surface area contributed by atoms with Crippen molar-refractivity contribution in [2.24, 2.45) is 5.92 Å². The van der Waals surface area contributed by atoms with E-state index in [4.69, 9.17) is 0 Å². The molecule has 1 aromatic carbocycles. The van der Waals surface area contributed by atoms with Crippen molar-refractivity contribution in [3.05, 3.63) is 42.2 Å². The Labute approximate surface area is 176 Å². The second-order valence-corrected chi connectivity index (χ2v) is 10.2. The number of benzene rings is 1. The summed E-state index contributed by atoms with van der Waals surface area (Å²) in [5.41, 5.74) is 1.80. The van der Waals surface area contributed by atoms with Crippen LogP contribution in [0.25, 0.3) is 0 Å². The molecule has 9 heteroatoms.